The summed E-state index contributed by atoms with van der Waals surface area (Å²) < 4.78 is 19.2. The van der Waals surface area contributed by atoms with Crippen molar-refractivity contribution in [3.05, 3.63) is 34.1 Å². The monoisotopic (exact) mass is 312 g/mol. The van der Waals surface area contributed by atoms with Crippen molar-refractivity contribution in [3.8, 4) is 0 Å². The fourth-order valence-electron chi connectivity index (χ4n) is 2.79. The Morgan fingerprint density at radius 1 is 1.43 bits per heavy atom. The summed E-state index contributed by atoms with van der Waals surface area (Å²) in [7, 11) is 0. The summed E-state index contributed by atoms with van der Waals surface area (Å²) in [6, 6.07) is 3.62. The van der Waals surface area contributed by atoms with Gasteiger partial charge in [0.25, 0.3) is 0 Å². The van der Waals surface area contributed by atoms with Crippen LogP contribution in [0.3, 0.4) is 0 Å². The van der Waals surface area contributed by atoms with E-state index in [9.17, 15) is 9.18 Å². The maximum atomic E-state index is 13.9. The zero-order valence-electron chi connectivity index (χ0n) is 12.6. The van der Waals surface area contributed by atoms with Crippen LogP contribution in [0, 0.1) is 11.7 Å². The van der Waals surface area contributed by atoms with Crippen LogP contribution in [0.5, 0.6) is 0 Å². The van der Waals surface area contributed by atoms with Crippen LogP contribution in [0.2, 0.25) is 5.02 Å². The molecule has 0 spiro atoms. The lowest BCUT2D eigenvalue weighted by Crippen LogP contribution is -2.25. The lowest BCUT2D eigenvalue weighted by Gasteiger charge is -2.21. The summed E-state index contributed by atoms with van der Waals surface area (Å²) in [4.78, 5) is 11.3. The fourth-order valence-corrected chi connectivity index (χ4v) is 3.04. The van der Waals surface area contributed by atoms with Gasteiger partial charge in [0.15, 0.2) is 5.78 Å². The molecule has 0 aliphatic carbocycles. The van der Waals surface area contributed by atoms with Crippen molar-refractivity contribution in [1.29, 1.82) is 0 Å². The maximum Gasteiger partial charge on any atom is 0.158 e. The molecule has 0 N–H and O–H groups in total. The number of rotatable bonds is 5. The van der Waals surface area contributed by atoms with Crippen LogP contribution in [0.25, 0.3) is 0 Å². The third-order valence-electron chi connectivity index (χ3n) is 3.95. The number of benzene rings is 1. The Kier molecular flexibility index (Phi) is 5.77. The first-order valence-electron chi connectivity index (χ1n) is 7.54. The minimum atomic E-state index is -0.304. The zero-order chi connectivity index (χ0) is 15.4. The highest BCUT2D eigenvalue weighted by atomic mass is 35.5. The Morgan fingerprint density at radius 3 is 2.86 bits per heavy atom. The lowest BCUT2D eigenvalue weighted by molar-refractivity contribution is -0.130. The number of Topliss-reactive ketones (excluding diaryl/α,β-unsaturated/α-hetero) is 1. The number of hydrogen-bond donors (Lipinski definition) is 0. The highest BCUT2D eigenvalue weighted by Crippen LogP contribution is 2.27. The third-order valence-corrected chi connectivity index (χ3v) is 4.22. The molecule has 1 atom stereocenters. The Labute approximate surface area is 130 Å². The second-order valence-electron chi connectivity index (χ2n) is 6.15. The number of ketones is 1. The molecule has 1 aliphatic heterocycles. The van der Waals surface area contributed by atoms with Crippen molar-refractivity contribution < 1.29 is 13.9 Å². The molecule has 0 bridgehead atoms. The summed E-state index contributed by atoms with van der Waals surface area (Å²) in [6.07, 6.45) is 3.39. The molecule has 1 aromatic rings. The van der Waals surface area contributed by atoms with Gasteiger partial charge in [0.1, 0.15) is 12.4 Å². The number of halogens is 2. The number of hydrogen-bond acceptors (Lipinski definition) is 2. The van der Waals surface area contributed by atoms with Gasteiger partial charge in [-0.2, -0.15) is 0 Å². The second-order valence-corrected chi connectivity index (χ2v) is 6.56. The van der Waals surface area contributed by atoms with Crippen LogP contribution < -0.4 is 0 Å². The molecule has 1 heterocycles. The van der Waals surface area contributed by atoms with E-state index in [0.717, 1.165) is 24.8 Å². The SMILES string of the molecule is CC(C)c1cc(CCC[C@@H]2COCC(=O)C2)cc(Cl)c1F. The van der Waals surface area contributed by atoms with E-state index in [1.807, 2.05) is 19.9 Å². The Balaban J connectivity index is 1.92. The number of aryl methyl sites for hydroxylation is 1. The van der Waals surface area contributed by atoms with Gasteiger partial charge in [-0.15, -0.1) is 0 Å². The van der Waals surface area contributed by atoms with Crippen LogP contribution in [0.15, 0.2) is 12.1 Å². The van der Waals surface area contributed by atoms with Gasteiger partial charge in [0, 0.05) is 6.42 Å². The lowest BCUT2D eigenvalue weighted by atomic mass is 9.93. The molecule has 0 radical (unpaired) electrons. The smallest absolute Gasteiger partial charge is 0.158 e. The van der Waals surface area contributed by atoms with E-state index in [-0.39, 0.29) is 29.1 Å². The van der Waals surface area contributed by atoms with Crippen LogP contribution >= 0.6 is 11.6 Å². The average Bonchev–Trinajstić information content (AvgIpc) is 2.42. The highest BCUT2D eigenvalue weighted by Gasteiger charge is 2.19. The molecular formula is C17H22ClFO2. The molecule has 1 aliphatic rings. The first kappa shape index (κ1) is 16.4. The molecule has 0 amide bonds. The molecule has 0 saturated carbocycles. The molecule has 2 rings (SSSR count). The van der Waals surface area contributed by atoms with E-state index in [0.29, 0.717) is 24.5 Å². The van der Waals surface area contributed by atoms with Crippen molar-refractivity contribution in [3.63, 3.8) is 0 Å². The van der Waals surface area contributed by atoms with E-state index >= 15 is 0 Å². The summed E-state index contributed by atoms with van der Waals surface area (Å²) in [5.74, 6) is 0.332. The predicted molar refractivity (Wildman–Crippen MR) is 82.4 cm³/mol. The molecule has 1 aromatic carbocycles. The number of carbonyl (C=O) groups is 1. The molecular weight excluding hydrogens is 291 g/mol. The number of ether oxygens (including phenoxy) is 1. The van der Waals surface area contributed by atoms with E-state index in [4.69, 9.17) is 16.3 Å². The normalized spacial score (nSPS) is 19.3. The molecule has 1 saturated heterocycles. The van der Waals surface area contributed by atoms with Crippen LogP contribution in [0.1, 0.15) is 50.2 Å². The van der Waals surface area contributed by atoms with E-state index in [1.54, 1.807) is 6.07 Å². The summed E-state index contributed by atoms with van der Waals surface area (Å²) >= 11 is 5.97. The largest absolute Gasteiger partial charge is 0.373 e. The molecule has 1 fully saturated rings. The third kappa shape index (κ3) is 4.52. The van der Waals surface area contributed by atoms with E-state index < -0.39 is 0 Å². The van der Waals surface area contributed by atoms with Gasteiger partial charge in [-0.05, 0) is 48.3 Å². The summed E-state index contributed by atoms with van der Waals surface area (Å²) in [5, 5.41) is 0.201. The molecule has 2 nitrogen and oxygen atoms in total. The van der Waals surface area contributed by atoms with Crippen LogP contribution in [-0.4, -0.2) is 19.0 Å². The van der Waals surface area contributed by atoms with Crippen LogP contribution in [-0.2, 0) is 16.0 Å². The second kappa shape index (κ2) is 7.37. The van der Waals surface area contributed by atoms with Crippen molar-refractivity contribution in [2.45, 2.75) is 45.4 Å². The molecule has 4 heteroatoms. The van der Waals surface area contributed by atoms with E-state index in [2.05, 4.69) is 0 Å². The molecule has 116 valence electrons. The van der Waals surface area contributed by atoms with Gasteiger partial charge in [-0.25, -0.2) is 4.39 Å². The van der Waals surface area contributed by atoms with Crippen molar-refractivity contribution >= 4 is 17.4 Å². The zero-order valence-corrected chi connectivity index (χ0v) is 13.4. The van der Waals surface area contributed by atoms with Crippen LogP contribution in [0.4, 0.5) is 4.39 Å². The standard InChI is InChI=1S/C17H22ClFO2/c1-11(2)15-7-12(8-16(18)17(15)19)4-3-5-13-6-14(20)10-21-9-13/h7-8,11,13H,3-6,9-10H2,1-2H3/t13-/m0/s1. The quantitative estimate of drug-likeness (QED) is 0.798. The summed E-state index contributed by atoms with van der Waals surface area (Å²) in [6.45, 7) is 4.86. The van der Waals surface area contributed by atoms with Gasteiger partial charge in [0.2, 0.25) is 0 Å². The fraction of sp³-hybridized carbons (Fsp3) is 0.588. The summed E-state index contributed by atoms with van der Waals surface area (Å²) in [5.41, 5.74) is 1.74. The van der Waals surface area contributed by atoms with Gasteiger partial charge in [0.05, 0.1) is 11.6 Å². The Bertz CT molecular complexity index is 514. The van der Waals surface area contributed by atoms with Gasteiger partial charge < -0.3 is 4.74 Å². The van der Waals surface area contributed by atoms with Crippen molar-refractivity contribution in [2.75, 3.05) is 13.2 Å². The van der Waals surface area contributed by atoms with Crippen molar-refractivity contribution in [2.24, 2.45) is 5.92 Å². The highest BCUT2D eigenvalue weighted by molar-refractivity contribution is 6.30. The topological polar surface area (TPSA) is 26.3 Å². The maximum absolute atomic E-state index is 13.9. The average molecular weight is 313 g/mol. The molecule has 0 unspecified atom stereocenters. The van der Waals surface area contributed by atoms with Gasteiger partial charge in [-0.1, -0.05) is 31.5 Å². The minimum absolute atomic E-state index is 0.117. The predicted octanol–water partition coefficient (Wildman–Crippen LogP) is 4.53. The first-order chi connectivity index (χ1) is 9.97. The van der Waals surface area contributed by atoms with Gasteiger partial charge in [-0.3, -0.25) is 4.79 Å². The first-order valence-corrected chi connectivity index (χ1v) is 7.92. The van der Waals surface area contributed by atoms with Crippen molar-refractivity contribution in [1.82, 2.24) is 0 Å². The Hall–Kier alpha value is -0.930. The van der Waals surface area contributed by atoms with E-state index in [1.165, 1.54) is 0 Å². The Morgan fingerprint density at radius 2 is 2.19 bits per heavy atom. The number of carbonyl (C=O) groups excluding carboxylic acids is 1. The molecule has 0 aromatic heterocycles. The van der Waals surface area contributed by atoms with Gasteiger partial charge >= 0.3 is 0 Å². The molecule has 21 heavy (non-hydrogen) atoms. The minimum Gasteiger partial charge on any atom is -0.373 e.